The van der Waals surface area contributed by atoms with E-state index in [1.807, 2.05) is 0 Å². The molecule has 0 radical (unpaired) electrons. The van der Waals surface area contributed by atoms with Gasteiger partial charge in [-0.15, -0.1) is 13.2 Å². The number of fused-ring (bicyclic) bond motifs is 1. The van der Waals surface area contributed by atoms with Crippen LogP contribution in [-0.4, -0.2) is 6.36 Å². The van der Waals surface area contributed by atoms with Crippen molar-refractivity contribution in [3.05, 3.63) is 64.5 Å². The van der Waals surface area contributed by atoms with Crippen molar-refractivity contribution in [2.45, 2.75) is 82.9 Å². The molecule has 0 saturated heterocycles. The summed E-state index contributed by atoms with van der Waals surface area (Å²) < 4.78 is 55.4. The summed E-state index contributed by atoms with van der Waals surface area (Å²) in [5.74, 6) is 0.116. The fourth-order valence-electron chi connectivity index (χ4n) is 5.48. The van der Waals surface area contributed by atoms with Crippen LogP contribution in [0, 0.1) is 11.7 Å². The predicted molar refractivity (Wildman–Crippen MR) is 114 cm³/mol. The summed E-state index contributed by atoms with van der Waals surface area (Å²) in [6.45, 7) is 2.26. The molecule has 0 aliphatic heterocycles. The van der Waals surface area contributed by atoms with E-state index in [4.69, 9.17) is 0 Å². The van der Waals surface area contributed by atoms with Crippen LogP contribution in [0.3, 0.4) is 0 Å². The number of aryl methyl sites for hydroxylation is 1. The molecule has 31 heavy (non-hydrogen) atoms. The van der Waals surface area contributed by atoms with Gasteiger partial charge in [0.1, 0.15) is 0 Å². The lowest BCUT2D eigenvalue weighted by atomic mass is 9.76. The van der Waals surface area contributed by atoms with Crippen LogP contribution in [0.5, 0.6) is 5.75 Å². The molecular weight excluding hydrogens is 404 g/mol. The monoisotopic (exact) mass is 434 g/mol. The normalized spacial score (nSPS) is 24.0. The molecule has 0 aromatic heterocycles. The number of hydrogen-bond donors (Lipinski definition) is 0. The fraction of sp³-hybridized carbons (Fsp3) is 0.538. The third-order valence-corrected chi connectivity index (χ3v) is 7.13. The van der Waals surface area contributed by atoms with Crippen LogP contribution in [0.2, 0.25) is 0 Å². The first-order valence-corrected chi connectivity index (χ1v) is 11.5. The van der Waals surface area contributed by atoms with Gasteiger partial charge in [0.05, 0.1) is 0 Å². The van der Waals surface area contributed by atoms with Gasteiger partial charge in [-0.2, -0.15) is 0 Å². The van der Waals surface area contributed by atoms with Gasteiger partial charge in [0, 0.05) is 0 Å². The first kappa shape index (κ1) is 22.2. The molecule has 1 fully saturated rings. The summed E-state index contributed by atoms with van der Waals surface area (Å²) in [7, 11) is 0. The average Bonchev–Trinajstić information content (AvgIpc) is 2.74. The summed E-state index contributed by atoms with van der Waals surface area (Å²) >= 11 is 0. The zero-order valence-electron chi connectivity index (χ0n) is 18.0. The van der Waals surface area contributed by atoms with Crippen LogP contribution in [-0.2, 0) is 12.8 Å². The Bertz CT molecular complexity index is 880. The maximum atomic E-state index is 14.1. The van der Waals surface area contributed by atoms with E-state index in [1.54, 1.807) is 0 Å². The summed E-state index contributed by atoms with van der Waals surface area (Å²) in [6.07, 6.45) is 5.02. The first-order chi connectivity index (χ1) is 14.8. The molecule has 2 aliphatic carbocycles. The largest absolute Gasteiger partial charge is 0.573 e. The quantitative estimate of drug-likeness (QED) is 0.432. The molecule has 1 atom stereocenters. The average molecular weight is 435 g/mol. The van der Waals surface area contributed by atoms with E-state index in [1.165, 1.54) is 61.8 Å². The van der Waals surface area contributed by atoms with Crippen molar-refractivity contribution in [3.8, 4) is 5.75 Å². The Kier molecular flexibility index (Phi) is 6.59. The maximum Gasteiger partial charge on any atom is 0.573 e. The van der Waals surface area contributed by atoms with Crippen LogP contribution in [0.1, 0.15) is 86.0 Å². The Hall–Kier alpha value is -2.04. The zero-order valence-corrected chi connectivity index (χ0v) is 18.0. The predicted octanol–water partition coefficient (Wildman–Crippen LogP) is 8.07. The molecule has 2 aliphatic rings. The first-order valence-electron chi connectivity index (χ1n) is 11.5. The van der Waals surface area contributed by atoms with Gasteiger partial charge >= 0.3 is 6.36 Å². The molecule has 0 amide bonds. The van der Waals surface area contributed by atoms with E-state index in [-0.39, 0.29) is 5.92 Å². The van der Waals surface area contributed by atoms with Gasteiger partial charge in [0.25, 0.3) is 0 Å². The van der Waals surface area contributed by atoms with Crippen LogP contribution in [0.15, 0.2) is 36.4 Å². The molecule has 2 aromatic carbocycles. The summed E-state index contributed by atoms with van der Waals surface area (Å²) in [5.41, 5.74) is 4.17. The topological polar surface area (TPSA) is 9.23 Å². The Morgan fingerprint density at radius 1 is 0.871 bits per heavy atom. The standard InChI is InChI=1S/C26H30F4O/c1-2-3-17-4-6-18(7-5-17)19-8-10-20(11-9-19)21-12-13-22-16-25(31-26(28,29)30)24(27)15-23(22)14-21/h8-11,15-18,21H,2-7,12-14H2,1H3. The van der Waals surface area contributed by atoms with Crippen molar-refractivity contribution in [2.75, 3.05) is 0 Å². The van der Waals surface area contributed by atoms with E-state index < -0.39 is 17.9 Å². The molecule has 0 bridgehead atoms. The minimum Gasteiger partial charge on any atom is -0.403 e. The molecule has 168 valence electrons. The Labute approximate surface area is 181 Å². The third kappa shape index (κ3) is 5.42. The van der Waals surface area contributed by atoms with Crippen LogP contribution in [0.4, 0.5) is 17.6 Å². The van der Waals surface area contributed by atoms with E-state index in [9.17, 15) is 17.6 Å². The summed E-state index contributed by atoms with van der Waals surface area (Å²) in [6, 6.07) is 11.3. The Balaban J connectivity index is 1.41. The van der Waals surface area contributed by atoms with Crippen LogP contribution >= 0.6 is 0 Å². The third-order valence-electron chi connectivity index (χ3n) is 7.13. The minimum atomic E-state index is -4.89. The van der Waals surface area contributed by atoms with Gasteiger partial charge in [-0.25, -0.2) is 4.39 Å². The van der Waals surface area contributed by atoms with Crippen LogP contribution < -0.4 is 4.74 Å². The molecule has 1 saturated carbocycles. The highest BCUT2D eigenvalue weighted by molar-refractivity contribution is 5.41. The van der Waals surface area contributed by atoms with E-state index >= 15 is 0 Å². The molecule has 0 spiro atoms. The second-order valence-electron chi connectivity index (χ2n) is 9.21. The number of hydrogen-bond acceptors (Lipinski definition) is 1. The number of alkyl halides is 3. The highest BCUT2D eigenvalue weighted by Crippen LogP contribution is 2.40. The van der Waals surface area contributed by atoms with Crippen molar-refractivity contribution in [2.24, 2.45) is 5.92 Å². The molecule has 1 unspecified atom stereocenters. The molecule has 4 rings (SSSR count). The lowest BCUT2D eigenvalue weighted by molar-refractivity contribution is -0.275. The Morgan fingerprint density at radius 3 is 2.13 bits per heavy atom. The van der Waals surface area contributed by atoms with Crippen molar-refractivity contribution in [1.29, 1.82) is 0 Å². The van der Waals surface area contributed by atoms with Crippen molar-refractivity contribution in [1.82, 2.24) is 0 Å². The summed E-state index contributed by atoms with van der Waals surface area (Å²) in [4.78, 5) is 0. The summed E-state index contributed by atoms with van der Waals surface area (Å²) in [5, 5.41) is 0. The second kappa shape index (κ2) is 9.22. The molecule has 1 nitrogen and oxygen atoms in total. The smallest absolute Gasteiger partial charge is 0.403 e. The van der Waals surface area contributed by atoms with Gasteiger partial charge in [0.15, 0.2) is 11.6 Å². The minimum absolute atomic E-state index is 0.260. The van der Waals surface area contributed by atoms with Gasteiger partial charge in [-0.05, 0) is 97.1 Å². The van der Waals surface area contributed by atoms with Gasteiger partial charge in [0.2, 0.25) is 0 Å². The lowest BCUT2D eigenvalue weighted by Gasteiger charge is -2.29. The van der Waals surface area contributed by atoms with Gasteiger partial charge < -0.3 is 4.74 Å². The number of ether oxygens (including phenoxy) is 1. The highest BCUT2D eigenvalue weighted by atomic mass is 19.4. The van der Waals surface area contributed by atoms with Gasteiger partial charge in [-0.3, -0.25) is 0 Å². The molecule has 0 heterocycles. The number of rotatable bonds is 5. The molecule has 5 heteroatoms. The van der Waals surface area contributed by atoms with Gasteiger partial charge in [-0.1, -0.05) is 44.0 Å². The SMILES string of the molecule is CCCC1CCC(c2ccc(C3CCc4cc(OC(F)(F)F)c(F)cc4C3)cc2)CC1. The van der Waals surface area contributed by atoms with E-state index in [0.717, 1.165) is 23.5 Å². The molecular formula is C26H30F4O. The van der Waals surface area contributed by atoms with E-state index in [0.29, 0.717) is 18.8 Å². The maximum absolute atomic E-state index is 14.1. The second-order valence-corrected chi connectivity index (χ2v) is 9.21. The van der Waals surface area contributed by atoms with Crippen molar-refractivity contribution < 1.29 is 22.3 Å². The number of benzene rings is 2. The Morgan fingerprint density at radius 2 is 1.52 bits per heavy atom. The zero-order chi connectivity index (χ0) is 22.0. The fourth-order valence-corrected chi connectivity index (χ4v) is 5.48. The van der Waals surface area contributed by atoms with Crippen molar-refractivity contribution >= 4 is 0 Å². The molecule has 0 N–H and O–H groups in total. The van der Waals surface area contributed by atoms with Crippen molar-refractivity contribution in [3.63, 3.8) is 0 Å². The van der Waals surface area contributed by atoms with Crippen LogP contribution in [0.25, 0.3) is 0 Å². The molecule has 2 aromatic rings. The number of halogens is 4. The highest BCUT2D eigenvalue weighted by Gasteiger charge is 2.33. The lowest BCUT2D eigenvalue weighted by Crippen LogP contribution is -2.19. The van der Waals surface area contributed by atoms with E-state index in [2.05, 4.69) is 35.9 Å².